The van der Waals surface area contributed by atoms with Gasteiger partial charge in [-0.2, -0.15) is 8.42 Å². The Kier molecular flexibility index (Phi) is 3.16. The molecule has 1 aromatic rings. The summed E-state index contributed by atoms with van der Waals surface area (Å²) in [5.74, 6) is -0.381. The van der Waals surface area contributed by atoms with E-state index >= 15 is 0 Å². The van der Waals surface area contributed by atoms with Crippen molar-refractivity contribution in [1.82, 2.24) is 5.32 Å². The zero-order valence-corrected chi connectivity index (χ0v) is 10.7. The van der Waals surface area contributed by atoms with Gasteiger partial charge in [0.25, 0.3) is 5.91 Å². The molecule has 1 aromatic carbocycles. The Balaban J connectivity index is 2.30. The van der Waals surface area contributed by atoms with Gasteiger partial charge in [0.15, 0.2) is 5.75 Å². The van der Waals surface area contributed by atoms with Gasteiger partial charge >= 0.3 is 10.1 Å². The molecule has 0 spiro atoms. The molecule has 0 radical (unpaired) electrons. The molecule has 0 unspecified atom stereocenters. The van der Waals surface area contributed by atoms with E-state index in [2.05, 4.69) is 5.32 Å². The van der Waals surface area contributed by atoms with Crippen LogP contribution in [0.15, 0.2) is 18.2 Å². The Morgan fingerprint density at radius 2 is 2.11 bits per heavy atom. The average molecular weight is 270 g/mol. The van der Waals surface area contributed by atoms with Gasteiger partial charge in [-0.05, 0) is 31.0 Å². The number of rotatable bonds is 4. The number of anilines is 1. The maximum atomic E-state index is 11.9. The van der Waals surface area contributed by atoms with Gasteiger partial charge in [-0.25, -0.2) is 0 Å². The summed E-state index contributed by atoms with van der Waals surface area (Å²) in [5, 5.41) is 2.75. The molecule has 0 aliphatic heterocycles. The van der Waals surface area contributed by atoms with Crippen LogP contribution in [0.4, 0.5) is 5.69 Å². The number of benzene rings is 1. The lowest BCUT2D eigenvalue weighted by Crippen LogP contribution is -2.26. The first-order valence-corrected chi connectivity index (χ1v) is 7.26. The van der Waals surface area contributed by atoms with Crippen molar-refractivity contribution in [3.63, 3.8) is 0 Å². The highest BCUT2D eigenvalue weighted by Crippen LogP contribution is 2.25. The molecule has 1 saturated carbocycles. The summed E-state index contributed by atoms with van der Waals surface area (Å²) in [6.07, 6.45) is 2.80. The molecular weight excluding hydrogens is 256 g/mol. The molecule has 3 N–H and O–H groups in total. The van der Waals surface area contributed by atoms with Gasteiger partial charge in [-0.15, -0.1) is 0 Å². The van der Waals surface area contributed by atoms with Crippen LogP contribution < -0.4 is 15.2 Å². The lowest BCUT2D eigenvalue weighted by Gasteiger charge is -2.10. The molecule has 2 rings (SSSR count). The van der Waals surface area contributed by atoms with E-state index in [0.717, 1.165) is 19.1 Å². The number of carbonyl (C=O) groups excluding carboxylic acids is 1. The zero-order valence-electron chi connectivity index (χ0n) is 9.84. The maximum absolute atomic E-state index is 11.9. The Labute approximate surface area is 105 Å². The third-order valence-electron chi connectivity index (χ3n) is 2.40. The minimum atomic E-state index is -3.68. The number of nitrogen functional groups attached to an aromatic ring is 1. The number of nitrogens with two attached hydrogens (primary N) is 1. The molecule has 1 fully saturated rings. The van der Waals surface area contributed by atoms with Crippen LogP contribution in [0, 0.1) is 0 Å². The number of hydrogen-bond donors (Lipinski definition) is 2. The zero-order chi connectivity index (χ0) is 13.3. The van der Waals surface area contributed by atoms with Crippen LogP contribution in [-0.4, -0.2) is 26.6 Å². The van der Waals surface area contributed by atoms with E-state index in [9.17, 15) is 13.2 Å². The van der Waals surface area contributed by atoms with Crippen molar-refractivity contribution in [2.45, 2.75) is 18.9 Å². The highest BCUT2D eigenvalue weighted by molar-refractivity contribution is 7.86. The molecule has 1 amide bonds. The first kappa shape index (κ1) is 12.7. The normalized spacial score (nSPS) is 15.2. The minimum absolute atomic E-state index is 0.00940. The van der Waals surface area contributed by atoms with Crippen molar-refractivity contribution in [2.24, 2.45) is 0 Å². The van der Waals surface area contributed by atoms with E-state index < -0.39 is 10.1 Å². The van der Waals surface area contributed by atoms with Gasteiger partial charge in [0.1, 0.15) is 0 Å². The van der Waals surface area contributed by atoms with Crippen LogP contribution in [-0.2, 0) is 10.1 Å². The monoisotopic (exact) mass is 270 g/mol. The third kappa shape index (κ3) is 3.36. The molecule has 1 aliphatic rings. The van der Waals surface area contributed by atoms with Gasteiger partial charge in [-0.1, -0.05) is 0 Å². The van der Waals surface area contributed by atoms with Crippen LogP contribution in [0.2, 0.25) is 0 Å². The largest absolute Gasteiger partial charge is 0.399 e. The van der Waals surface area contributed by atoms with E-state index in [1.54, 1.807) is 0 Å². The van der Waals surface area contributed by atoms with Gasteiger partial charge in [0.05, 0.1) is 11.8 Å². The van der Waals surface area contributed by atoms with E-state index in [1.807, 2.05) is 0 Å². The predicted octanol–water partition coefficient (Wildman–Crippen LogP) is 0.499. The van der Waals surface area contributed by atoms with Crippen LogP contribution in [0.25, 0.3) is 0 Å². The van der Waals surface area contributed by atoms with Crippen LogP contribution >= 0.6 is 0 Å². The second kappa shape index (κ2) is 4.49. The molecule has 0 atom stereocenters. The summed E-state index contributed by atoms with van der Waals surface area (Å²) in [5.41, 5.74) is 6.09. The molecule has 98 valence electrons. The summed E-state index contributed by atoms with van der Waals surface area (Å²) < 4.78 is 27.0. The summed E-state index contributed by atoms with van der Waals surface area (Å²) in [4.78, 5) is 11.9. The summed E-state index contributed by atoms with van der Waals surface area (Å²) in [6, 6.07) is 4.43. The van der Waals surface area contributed by atoms with Gasteiger partial charge < -0.3 is 15.2 Å². The van der Waals surface area contributed by atoms with Gasteiger partial charge in [-0.3, -0.25) is 4.79 Å². The fraction of sp³-hybridized carbons (Fsp3) is 0.364. The number of hydrogen-bond acceptors (Lipinski definition) is 5. The van der Waals surface area contributed by atoms with Gasteiger partial charge in [0, 0.05) is 11.7 Å². The van der Waals surface area contributed by atoms with E-state index in [-0.39, 0.29) is 23.3 Å². The molecule has 18 heavy (non-hydrogen) atoms. The van der Waals surface area contributed by atoms with E-state index in [4.69, 9.17) is 9.92 Å². The second-order valence-electron chi connectivity index (χ2n) is 4.29. The van der Waals surface area contributed by atoms with Crippen molar-refractivity contribution in [1.29, 1.82) is 0 Å². The highest BCUT2D eigenvalue weighted by atomic mass is 32.2. The predicted molar refractivity (Wildman–Crippen MR) is 66.8 cm³/mol. The lowest BCUT2D eigenvalue weighted by molar-refractivity contribution is 0.0949. The standard InChI is InChI=1S/C11H14N2O4S/c1-18(15,16)17-10-5-2-7(12)6-9(10)11(14)13-8-3-4-8/h2,5-6,8H,3-4,12H2,1H3,(H,13,14). The fourth-order valence-electron chi connectivity index (χ4n) is 1.45. The van der Waals surface area contributed by atoms with Crippen molar-refractivity contribution in [2.75, 3.05) is 12.0 Å². The van der Waals surface area contributed by atoms with Gasteiger partial charge in [0.2, 0.25) is 0 Å². The smallest absolute Gasteiger partial charge is 0.306 e. The first-order chi connectivity index (χ1) is 8.35. The minimum Gasteiger partial charge on any atom is -0.399 e. The second-order valence-corrected chi connectivity index (χ2v) is 5.87. The highest BCUT2D eigenvalue weighted by Gasteiger charge is 2.25. The number of amides is 1. The van der Waals surface area contributed by atoms with Crippen LogP contribution in [0.5, 0.6) is 5.75 Å². The Bertz CT molecular complexity index is 579. The number of carbonyl (C=O) groups is 1. The summed E-state index contributed by atoms with van der Waals surface area (Å²) in [6.45, 7) is 0. The van der Waals surface area contributed by atoms with Crippen LogP contribution in [0.3, 0.4) is 0 Å². The molecule has 7 heteroatoms. The third-order valence-corrected chi connectivity index (χ3v) is 2.88. The fourth-order valence-corrected chi connectivity index (χ4v) is 1.92. The molecule has 0 heterocycles. The van der Waals surface area contributed by atoms with Crippen molar-refractivity contribution >= 4 is 21.7 Å². The molecule has 6 nitrogen and oxygen atoms in total. The van der Waals surface area contributed by atoms with E-state index in [0.29, 0.717) is 5.69 Å². The lowest BCUT2D eigenvalue weighted by atomic mass is 10.1. The Morgan fingerprint density at radius 1 is 1.44 bits per heavy atom. The van der Waals surface area contributed by atoms with E-state index in [1.165, 1.54) is 18.2 Å². The Morgan fingerprint density at radius 3 is 2.67 bits per heavy atom. The quantitative estimate of drug-likeness (QED) is 0.613. The van der Waals surface area contributed by atoms with Crippen molar-refractivity contribution in [3.05, 3.63) is 23.8 Å². The maximum Gasteiger partial charge on any atom is 0.306 e. The average Bonchev–Trinajstić information content (AvgIpc) is 3.02. The molecule has 1 aliphatic carbocycles. The molecular formula is C11H14N2O4S. The van der Waals surface area contributed by atoms with Crippen molar-refractivity contribution in [3.8, 4) is 5.75 Å². The first-order valence-electron chi connectivity index (χ1n) is 5.45. The molecule has 0 saturated heterocycles. The summed E-state index contributed by atoms with van der Waals surface area (Å²) >= 11 is 0. The van der Waals surface area contributed by atoms with Crippen molar-refractivity contribution < 1.29 is 17.4 Å². The molecule has 0 aromatic heterocycles. The number of nitrogens with one attached hydrogen (secondary N) is 1. The Hall–Kier alpha value is -1.76. The molecule has 0 bridgehead atoms. The topological polar surface area (TPSA) is 98.5 Å². The summed E-state index contributed by atoms with van der Waals surface area (Å²) in [7, 11) is -3.68. The SMILES string of the molecule is CS(=O)(=O)Oc1ccc(N)cc1C(=O)NC1CC1. The van der Waals surface area contributed by atoms with Crippen LogP contribution in [0.1, 0.15) is 23.2 Å².